The van der Waals surface area contributed by atoms with Crippen molar-refractivity contribution in [1.29, 1.82) is 0 Å². The lowest BCUT2D eigenvalue weighted by Crippen LogP contribution is -2.31. The van der Waals surface area contributed by atoms with Gasteiger partial charge in [0.2, 0.25) is 0 Å². The molecule has 0 aromatic carbocycles. The summed E-state index contributed by atoms with van der Waals surface area (Å²) in [6.07, 6.45) is 8.25. The molecule has 1 unspecified atom stereocenters. The van der Waals surface area contributed by atoms with Crippen LogP contribution in [0.4, 0.5) is 0 Å². The first-order chi connectivity index (χ1) is 6.35. The van der Waals surface area contributed by atoms with E-state index in [1.807, 2.05) is 6.08 Å². The maximum absolute atomic E-state index is 10.6. The molecule has 0 saturated carbocycles. The van der Waals surface area contributed by atoms with Gasteiger partial charge in [-0.15, -0.1) is 6.58 Å². The number of aldehydes is 1. The van der Waals surface area contributed by atoms with E-state index in [0.717, 1.165) is 32.1 Å². The molecule has 0 aromatic heterocycles. The minimum Gasteiger partial charge on any atom is -0.308 e. The van der Waals surface area contributed by atoms with Crippen LogP contribution in [0.5, 0.6) is 0 Å². The van der Waals surface area contributed by atoms with Crippen molar-refractivity contribution in [2.45, 2.75) is 45.1 Å². The van der Waals surface area contributed by atoms with E-state index in [4.69, 9.17) is 0 Å². The van der Waals surface area contributed by atoms with Gasteiger partial charge in [0.25, 0.3) is 0 Å². The number of nitrogens with one attached hydrogen (secondary N) is 1. The summed E-state index contributed by atoms with van der Waals surface area (Å²) in [6, 6.07) is 0.0230. The molecule has 13 heavy (non-hydrogen) atoms. The first-order valence-corrected chi connectivity index (χ1v) is 5.14. The Balaban J connectivity index is 3.36. The van der Waals surface area contributed by atoms with E-state index in [2.05, 4.69) is 18.8 Å². The Morgan fingerprint density at radius 2 is 2.23 bits per heavy atom. The van der Waals surface area contributed by atoms with Gasteiger partial charge >= 0.3 is 0 Å². The Morgan fingerprint density at radius 3 is 2.77 bits per heavy atom. The molecule has 0 heterocycles. The predicted molar refractivity (Wildman–Crippen MR) is 56.8 cm³/mol. The summed E-state index contributed by atoms with van der Waals surface area (Å²) in [6.45, 7) is 6.76. The fraction of sp³-hybridized carbons (Fsp3) is 0.727. The molecule has 0 saturated heterocycles. The molecule has 0 aliphatic rings. The van der Waals surface area contributed by atoms with Gasteiger partial charge in [-0.05, 0) is 25.8 Å². The molecule has 0 amide bonds. The number of carbonyl (C=O) groups excluding carboxylic acids is 1. The van der Waals surface area contributed by atoms with Crippen LogP contribution in [-0.4, -0.2) is 18.9 Å². The van der Waals surface area contributed by atoms with E-state index < -0.39 is 0 Å². The van der Waals surface area contributed by atoms with Crippen molar-refractivity contribution in [3.05, 3.63) is 12.7 Å². The summed E-state index contributed by atoms with van der Waals surface area (Å²) in [5.41, 5.74) is 0. The molecule has 1 atom stereocenters. The normalized spacial score (nSPS) is 12.4. The van der Waals surface area contributed by atoms with Crippen molar-refractivity contribution in [2.24, 2.45) is 0 Å². The lowest BCUT2D eigenvalue weighted by molar-refractivity contribution is -0.109. The molecule has 0 spiro atoms. The Labute approximate surface area is 81.4 Å². The van der Waals surface area contributed by atoms with Crippen molar-refractivity contribution in [2.75, 3.05) is 6.54 Å². The van der Waals surface area contributed by atoms with Gasteiger partial charge in [-0.3, -0.25) is 0 Å². The van der Waals surface area contributed by atoms with Crippen LogP contribution in [0.15, 0.2) is 12.7 Å². The molecule has 0 rings (SSSR count). The molecule has 0 radical (unpaired) electrons. The fourth-order valence-electron chi connectivity index (χ4n) is 1.18. The highest BCUT2D eigenvalue weighted by Gasteiger charge is 2.03. The lowest BCUT2D eigenvalue weighted by Gasteiger charge is -2.10. The fourth-order valence-corrected chi connectivity index (χ4v) is 1.18. The van der Waals surface area contributed by atoms with E-state index >= 15 is 0 Å². The van der Waals surface area contributed by atoms with Gasteiger partial charge in [0.1, 0.15) is 6.29 Å². The number of allylic oxidation sites excluding steroid dienone is 1. The van der Waals surface area contributed by atoms with Gasteiger partial charge in [0.05, 0.1) is 6.04 Å². The van der Waals surface area contributed by atoms with Crippen molar-refractivity contribution in [1.82, 2.24) is 5.32 Å². The maximum atomic E-state index is 10.6. The van der Waals surface area contributed by atoms with Crippen LogP contribution < -0.4 is 5.32 Å². The van der Waals surface area contributed by atoms with Crippen molar-refractivity contribution < 1.29 is 4.79 Å². The second-order valence-corrected chi connectivity index (χ2v) is 3.27. The molecule has 0 aromatic rings. The van der Waals surface area contributed by atoms with Crippen LogP contribution in [0.2, 0.25) is 0 Å². The third-order valence-corrected chi connectivity index (χ3v) is 2.03. The Kier molecular flexibility index (Phi) is 9.00. The highest BCUT2D eigenvalue weighted by Crippen LogP contribution is 1.97. The zero-order chi connectivity index (χ0) is 9.94. The Hall–Kier alpha value is -0.630. The predicted octanol–water partition coefficient (Wildman–Crippen LogP) is 2.30. The smallest absolute Gasteiger partial charge is 0.136 e. The summed E-state index contributed by atoms with van der Waals surface area (Å²) < 4.78 is 0. The molecular weight excluding hydrogens is 162 g/mol. The maximum Gasteiger partial charge on any atom is 0.136 e. The molecule has 1 N–H and O–H groups in total. The molecule has 0 aliphatic carbocycles. The molecule has 0 bridgehead atoms. The zero-order valence-electron chi connectivity index (χ0n) is 8.59. The van der Waals surface area contributed by atoms with Crippen LogP contribution in [0.1, 0.15) is 39.0 Å². The topological polar surface area (TPSA) is 29.1 Å². The van der Waals surface area contributed by atoms with E-state index in [9.17, 15) is 4.79 Å². The van der Waals surface area contributed by atoms with Gasteiger partial charge in [-0.25, -0.2) is 0 Å². The summed E-state index contributed by atoms with van der Waals surface area (Å²) >= 11 is 0. The molecule has 76 valence electrons. The average Bonchev–Trinajstić information content (AvgIpc) is 2.17. The Bertz CT molecular complexity index is 134. The second kappa shape index (κ2) is 9.46. The van der Waals surface area contributed by atoms with E-state index in [0.29, 0.717) is 0 Å². The van der Waals surface area contributed by atoms with Gasteiger partial charge < -0.3 is 10.1 Å². The third kappa shape index (κ3) is 7.72. The molecule has 0 fully saturated rings. The number of carbonyl (C=O) groups is 1. The van der Waals surface area contributed by atoms with Crippen LogP contribution in [0.3, 0.4) is 0 Å². The number of hydrogen-bond donors (Lipinski definition) is 1. The van der Waals surface area contributed by atoms with Crippen LogP contribution in [0, 0.1) is 0 Å². The largest absolute Gasteiger partial charge is 0.308 e. The summed E-state index contributed by atoms with van der Waals surface area (Å²) in [5, 5.41) is 3.22. The van der Waals surface area contributed by atoms with Gasteiger partial charge in [0.15, 0.2) is 0 Å². The third-order valence-electron chi connectivity index (χ3n) is 2.03. The Morgan fingerprint density at radius 1 is 1.46 bits per heavy atom. The standard InChI is InChI=1S/C11H21NO/c1-3-5-7-9-12-11(10-13)8-6-4-2/h4,10-12H,2-3,5-9H2,1H3. The highest BCUT2D eigenvalue weighted by atomic mass is 16.1. The van der Waals surface area contributed by atoms with E-state index in [1.54, 1.807) is 0 Å². The lowest BCUT2D eigenvalue weighted by atomic mass is 10.1. The van der Waals surface area contributed by atoms with E-state index in [-0.39, 0.29) is 6.04 Å². The molecule has 0 aliphatic heterocycles. The van der Waals surface area contributed by atoms with Crippen molar-refractivity contribution >= 4 is 6.29 Å². The van der Waals surface area contributed by atoms with E-state index in [1.165, 1.54) is 12.8 Å². The summed E-state index contributed by atoms with van der Waals surface area (Å²) in [5.74, 6) is 0. The monoisotopic (exact) mass is 183 g/mol. The van der Waals surface area contributed by atoms with Gasteiger partial charge in [0, 0.05) is 0 Å². The van der Waals surface area contributed by atoms with Crippen LogP contribution in [-0.2, 0) is 4.79 Å². The molecule has 2 nitrogen and oxygen atoms in total. The molecule has 2 heteroatoms. The number of unbranched alkanes of at least 4 members (excludes halogenated alkanes) is 2. The van der Waals surface area contributed by atoms with Crippen LogP contribution in [0.25, 0.3) is 0 Å². The quantitative estimate of drug-likeness (QED) is 0.337. The molecular formula is C11H21NO. The van der Waals surface area contributed by atoms with Gasteiger partial charge in [-0.2, -0.15) is 0 Å². The minimum atomic E-state index is 0.0230. The van der Waals surface area contributed by atoms with Crippen molar-refractivity contribution in [3.63, 3.8) is 0 Å². The minimum absolute atomic E-state index is 0.0230. The van der Waals surface area contributed by atoms with Crippen LogP contribution >= 0.6 is 0 Å². The first-order valence-electron chi connectivity index (χ1n) is 5.14. The average molecular weight is 183 g/mol. The summed E-state index contributed by atoms with van der Waals surface area (Å²) in [7, 11) is 0. The van der Waals surface area contributed by atoms with Gasteiger partial charge in [-0.1, -0.05) is 25.8 Å². The SMILES string of the molecule is C=CCCC(C=O)NCCCCC. The summed E-state index contributed by atoms with van der Waals surface area (Å²) in [4.78, 5) is 10.6. The second-order valence-electron chi connectivity index (χ2n) is 3.27. The highest BCUT2D eigenvalue weighted by molar-refractivity contribution is 5.57. The number of rotatable bonds is 9. The zero-order valence-corrected chi connectivity index (χ0v) is 8.59. The van der Waals surface area contributed by atoms with Crippen molar-refractivity contribution in [3.8, 4) is 0 Å². The first kappa shape index (κ1) is 12.4. The number of hydrogen-bond acceptors (Lipinski definition) is 2.